The van der Waals surface area contributed by atoms with E-state index in [4.69, 9.17) is 4.84 Å². The Hall–Kier alpha value is -2.97. The van der Waals surface area contributed by atoms with E-state index in [0.717, 1.165) is 38.5 Å². The zero-order chi connectivity index (χ0) is 28.0. The van der Waals surface area contributed by atoms with Gasteiger partial charge < -0.3 is 25.5 Å². The SMILES string of the molecule is C[C@]12C=CC(=NOCC(=O)N[C@H](C(=O)O)[C@H](O)c3ccccc3)C=C1CC[C@@H]1[C@H]2CC[C@@]2(C)[C@@H]1CC[C@]2(C)O. The second-order valence-corrected chi connectivity index (χ2v) is 12.5. The molecule has 0 spiro atoms. The smallest absolute Gasteiger partial charge is 0.329 e. The molecule has 0 bridgehead atoms. The van der Waals surface area contributed by atoms with Gasteiger partial charge in [-0.2, -0.15) is 0 Å². The van der Waals surface area contributed by atoms with Crippen molar-refractivity contribution in [1.82, 2.24) is 5.32 Å². The second kappa shape index (κ2) is 10.2. The van der Waals surface area contributed by atoms with Gasteiger partial charge in [-0.1, -0.05) is 61.0 Å². The van der Waals surface area contributed by atoms with E-state index >= 15 is 0 Å². The Morgan fingerprint density at radius 3 is 2.54 bits per heavy atom. The van der Waals surface area contributed by atoms with E-state index < -0.39 is 36.2 Å². The summed E-state index contributed by atoms with van der Waals surface area (Å²) in [7, 11) is 0. The molecule has 4 aliphatic rings. The normalized spacial score (nSPS) is 37.6. The largest absolute Gasteiger partial charge is 0.480 e. The van der Waals surface area contributed by atoms with Crippen LogP contribution >= 0.6 is 0 Å². The van der Waals surface area contributed by atoms with Gasteiger partial charge in [-0.3, -0.25) is 4.79 Å². The summed E-state index contributed by atoms with van der Waals surface area (Å²) in [6, 6.07) is 6.82. The predicted octanol–water partition coefficient (Wildman–Crippen LogP) is 4.15. The van der Waals surface area contributed by atoms with Gasteiger partial charge in [0.1, 0.15) is 11.8 Å². The molecule has 0 saturated heterocycles. The van der Waals surface area contributed by atoms with Gasteiger partial charge in [0, 0.05) is 5.41 Å². The minimum absolute atomic E-state index is 0.0120. The molecular formula is C31H40N2O6. The molecule has 0 aliphatic heterocycles. The lowest BCUT2D eigenvalue weighted by Crippen LogP contribution is -2.53. The molecule has 5 rings (SSSR count). The summed E-state index contributed by atoms with van der Waals surface area (Å²) >= 11 is 0. The first-order chi connectivity index (χ1) is 18.5. The van der Waals surface area contributed by atoms with Crippen LogP contribution in [0.3, 0.4) is 0 Å². The molecule has 210 valence electrons. The minimum Gasteiger partial charge on any atom is -0.480 e. The van der Waals surface area contributed by atoms with E-state index in [1.165, 1.54) is 5.57 Å². The molecule has 0 unspecified atom stereocenters. The number of amides is 1. The lowest BCUT2D eigenvalue weighted by molar-refractivity contribution is -0.146. The number of carbonyl (C=O) groups is 2. The first kappa shape index (κ1) is 27.6. The van der Waals surface area contributed by atoms with Gasteiger partial charge in [0.25, 0.3) is 5.91 Å². The Kier molecular flexibility index (Phi) is 7.22. The Labute approximate surface area is 229 Å². The quantitative estimate of drug-likeness (QED) is 0.388. The molecule has 8 nitrogen and oxygen atoms in total. The lowest BCUT2D eigenvalue weighted by atomic mass is 9.47. The molecule has 1 aromatic rings. The summed E-state index contributed by atoms with van der Waals surface area (Å²) < 4.78 is 0. The molecule has 1 amide bonds. The van der Waals surface area contributed by atoms with Crippen molar-refractivity contribution in [1.29, 1.82) is 0 Å². The van der Waals surface area contributed by atoms with Crippen molar-refractivity contribution in [2.75, 3.05) is 6.61 Å². The highest BCUT2D eigenvalue weighted by Crippen LogP contribution is 2.66. The lowest BCUT2D eigenvalue weighted by Gasteiger charge is -2.58. The maximum atomic E-state index is 12.4. The number of fused-ring (bicyclic) bond motifs is 5. The van der Waals surface area contributed by atoms with E-state index in [-0.39, 0.29) is 10.8 Å². The first-order valence-electron chi connectivity index (χ1n) is 14.0. The number of carboxylic acid groups (broad SMARTS) is 1. The Balaban J connectivity index is 1.21. The van der Waals surface area contributed by atoms with Crippen molar-refractivity contribution in [3.05, 3.63) is 59.7 Å². The van der Waals surface area contributed by atoms with E-state index in [1.54, 1.807) is 30.3 Å². The third kappa shape index (κ3) is 4.82. The number of aliphatic hydroxyl groups excluding tert-OH is 1. The first-order valence-corrected chi connectivity index (χ1v) is 14.0. The molecule has 0 heterocycles. The average molecular weight is 537 g/mol. The summed E-state index contributed by atoms with van der Waals surface area (Å²) in [5.41, 5.74) is 1.68. The molecule has 3 saturated carbocycles. The number of nitrogens with one attached hydrogen (secondary N) is 1. The number of allylic oxidation sites excluding steroid dienone is 4. The zero-order valence-corrected chi connectivity index (χ0v) is 23.0. The van der Waals surface area contributed by atoms with Crippen molar-refractivity contribution in [2.45, 2.75) is 77.0 Å². The van der Waals surface area contributed by atoms with Crippen molar-refractivity contribution < 1.29 is 29.7 Å². The predicted molar refractivity (Wildman–Crippen MR) is 147 cm³/mol. The van der Waals surface area contributed by atoms with Gasteiger partial charge in [0.15, 0.2) is 12.6 Å². The van der Waals surface area contributed by atoms with Gasteiger partial charge in [-0.15, -0.1) is 0 Å². The van der Waals surface area contributed by atoms with E-state index in [1.807, 2.05) is 13.0 Å². The van der Waals surface area contributed by atoms with Crippen LogP contribution in [0.1, 0.15) is 71.0 Å². The van der Waals surface area contributed by atoms with Crippen LogP contribution in [0.15, 0.2) is 59.3 Å². The topological polar surface area (TPSA) is 128 Å². The van der Waals surface area contributed by atoms with Crippen LogP contribution in [0.2, 0.25) is 0 Å². The van der Waals surface area contributed by atoms with Crippen LogP contribution in [0, 0.1) is 28.6 Å². The van der Waals surface area contributed by atoms with Gasteiger partial charge >= 0.3 is 5.97 Å². The van der Waals surface area contributed by atoms with Gasteiger partial charge in [-0.25, -0.2) is 4.79 Å². The monoisotopic (exact) mass is 536 g/mol. The number of carbonyl (C=O) groups excluding carboxylic acids is 1. The molecule has 8 heteroatoms. The van der Waals surface area contributed by atoms with E-state index in [9.17, 15) is 24.9 Å². The second-order valence-electron chi connectivity index (χ2n) is 12.5. The third-order valence-electron chi connectivity index (χ3n) is 10.5. The van der Waals surface area contributed by atoms with E-state index in [0.29, 0.717) is 29.0 Å². The van der Waals surface area contributed by atoms with E-state index in [2.05, 4.69) is 36.5 Å². The summed E-state index contributed by atoms with van der Waals surface area (Å²) in [6.07, 6.45) is 11.0. The number of aliphatic carboxylic acids is 1. The molecule has 8 atom stereocenters. The Morgan fingerprint density at radius 1 is 1.10 bits per heavy atom. The highest BCUT2D eigenvalue weighted by molar-refractivity contribution is 6.05. The highest BCUT2D eigenvalue weighted by Gasteiger charge is 2.62. The zero-order valence-electron chi connectivity index (χ0n) is 23.0. The number of benzene rings is 1. The number of hydrogen-bond donors (Lipinski definition) is 4. The molecule has 4 aliphatic carbocycles. The molecule has 3 fully saturated rings. The van der Waals surface area contributed by atoms with Crippen molar-refractivity contribution in [3.8, 4) is 0 Å². The molecule has 0 radical (unpaired) electrons. The maximum Gasteiger partial charge on any atom is 0.329 e. The van der Waals surface area contributed by atoms with Crippen molar-refractivity contribution >= 4 is 17.6 Å². The van der Waals surface area contributed by atoms with Gasteiger partial charge in [0.05, 0.1) is 5.60 Å². The molecule has 1 aromatic carbocycles. The van der Waals surface area contributed by atoms with Crippen LogP contribution in [0.4, 0.5) is 0 Å². The van der Waals surface area contributed by atoms with Gasteiger partial charge in [0.2, 0.25) is 0 Å². The number of aliphatic hydroxyl groups is 2. The average Bonchev–Trinajstić information content (AvgIpc) is 3.16. The maximum absolute atomic E-state index is 12.4. The third-order valence-corrected chi connectivity index (χ3v) is 10.5. The summed E-state index contributed by atoms with van der Waals surface area (Å²) in [6.45, 7) is 6.18. The number of hydrogen-bond acceptors (Lipinski definition) is 6. The fraction of sp³-hybridized carbons (Fsp3) is 0.581. The summed E-state index contributed by atoms with van der Waals surface area (Å²) in [5, 5.41) is 37.5. The molecule has 0 aromatic heterocycles. The fourth-order valence-electron chi connectivity index (χ4n) is 8.01. The summed E-state index contributed by atoms with van der Waals surface area (Å²) in [4.78, 5) is 29.4. The fourth-order valence-corrected chi connectivity index (χ4v) is 8.01. The van der Waals surface area contributed by atoms with Crippen LogP contribution in [0.25, 0.3) is 0 Å². The van der Waals surface area contributed by atoms with Crippen LogP contribution in [-0.4, -0.2) is 51.2 Å². The number of rotatable bonds is 7. The molecule has 39 heavy (non-hydrogen) atoms. The molecule has 4 N–H and O–H groups in total. The number of carboxylic acids is 1. The highest BCUT2D eigenvalue weighted by atomic mass is 16.6. The van der Waals surface area contributed by atoms with Crippen LogP contribution in [-0.2, 0) is 14.4 Å². The van der Waals surface area contributed by atoms with Crippen LogP contribution < -0.4 is 5.32 Å². The van der Waals surface area contributed by atoms with Crippen molar-refractivity contribution in [3.63, 3.8) is 0 Å². The minimum atomic E-state index is -1.51. The van der Waals surface area contributed by atoms with Gasteiger partial charge in [-0.05, 0) is 86.3 Å². The standard InChI is InChI=1S/C31H40N2O6/c1-29-14-11-21(33-39-18-25(34)32-26(28(36)37)27(35)19-7-5-4-6-8-19)17-20(29)9-10-22-23(29)12-15-30(2)24(22)13-16-31(30,3)38/h4-8,11,14,17,22-24,26-27,35,38H,9-10,12-13,15-16,18H2,1-3H3,(H,32,34)(H,36,37)/t22-,23-,24-,26+,27-,29+,30+,31+/m1/s1. The Bertz CT molecular complexity index is 1210. The Morgan fingerprint density at radius 2 is 1.82 bits per heavy atom. The number of oxime groups is 1. The number of nitrogens with zero attached hydrogens (tertiary/aromatic N) is 1. The van der Waals surface area contributed by atoms with Crippen molar-refractivity contribution in [2.24, 2.45) is 33.7 Å². The molecular weight excluding hydrogens is 496 g/mol. The van der Waals surface area contributed by atoms with Crippen LogP contribution in [0.5, 0.6) is 0 Å². The summed E-state index contributed by atoms with van der Waals surface area (Å²) in [5.74, 6) is -0.360.